The molecule has 1 unspecified atom stereocenters. The molecule has 1 aromatic heterocycles. The van der Waals surface area contributed by atoms with E-state index in [1.165, 1.54) is 0 Å². The van der Waals surface area contributed by atoms with Crippen molar-refractivity contribution in [2.45, 2.75) is 32.8 Å². The molecule has 0 radical (unpaired) electrons. The maximum atomic E-state index is 8.93. The molecule has 2 aromatic rings. The minimum Gasteiger partial charge on any atom is -0.372 e. The van der Waals surface area contributed by atoms with Crippen molar-refractivity contribution >= 4 is 11.5 Å². The van der Waals surface area contributed by atoms with Gasteiger partial charge in [0.15, 0.2) is 0 Å². The highest BCUT2D eigenvalue weighted by atomic mass is 16.5. The number of aryl methyl sites for hydroxylation is 1. The Morgan fingerprint density at radius 1 is 1.23 bits per heavy atom. The van der Waals surface area contributed by atoms with Crippen molar-refractivity contribution in [1.82, 2.24) is 14.9 Å². The van der Waals surface area contributed by atoms with E-state index in [1.807, 2.05) is 12.1 Å². The highest BCUT2D eigenvalue weighted by molar-refractivity contribution is 5.62. The molecule has 3 rings (SSSR count). The van der Waals surface area contributed by atoms with Gasteiger partial charge in [-0.2, -0.15) is 5.26 Å². The van der Waals surface area contributed by atoms with Gasteiger partial charge in [-0.25, -0.2) is 9.97 Å². The lowest BCUT2D eigenvalue weighted by Gasteiger charge is -2.21. The number of rotatable bonds is 8. The van der Waals surface area contributed by atoms with E-state index in [2.05, 4.69) is 40.1 Å². The molecule has 0 amide bonds. The third-order valence-electron chi connectivity index (χ3n) is 4.83. The van der Waals surface area contributed by atoms with Crippen molar-refractivity contribution in [3.8, 4) is 6.07 Å². The van der Waals surface area contributed by atoms with Gasteiger partial charge in [-0.1, -0.05) is 13.8 Å². The number of nitrogens with one attached hydrogen (secondary N) is 1. The van der Waals surface area contributed by atoms with Gasteiger partial charge in [0.25, 0.3) is 0 Å². The van der Waals surface area contributed by atoms with Crippen LogP contribution < -0.4 is 5.32 Å². The molecule has 6 heteroatoms. The molecule has 1 aliphatic rings. The standard InChI is InChI=1S/C20H25N5O/c1-3-25(4-2)11-12-26-18-10-9-17-19(18)20(23-14-22-17)24-16-7-5-15(13-21)6-8-16/h5-8,14,18H,3-4,9-12H2,1-2H3,(H,22,23,24). The maximum absolute atomic E-state index is 8.93. The van der Waals surface area contributed by atoms with Gasteiger partial charge in [-0.05, 0) is 50.2 Å². The Kier molecular flexibility index (Phi) is 6.16. The maximum Gasteiger partial charge on any atom is 0.139 e. The van der Waals surface area contributed by atoms with Gasteiger partial charge >= 0.3 is 0 Å². The molecular weight excluding hydrogens is 326 g/mol. The Morgan fingerprint density at radius 2 is 2.00 bits per heavy atom. The minimum atomic E-state index is 0.0302. The van der Waals surface area contributed by atoms with E-state index in [9.17, 15) is 0 Å². The van der Waals surface area contributed by atoms with Gasteiger partial charge in [0.2, 0.25) is 0 Å². The number of hydrogen-bond acceptors (Lipinski definition) is 6. The van der Waals surface area contributed by atoms with Crippen LogP contribution in [0.2, 0.25) is 0 Å². The van der Waals surface area contributed by atoms with Crippen LogP contribution in [0.15, 0.2) is 30.6 Å². The van der Waals surface area contributed by atoms with Crippen LogP contribution in [0.25, 0.3) is 0 Å². The molecule has 1 aromatic carbocycles. The van der Waals surface area contributed by atoms with Crippen LogP contribution in [-0.2, 0) is 11.2 Å². The Bertz CT molecular complexity index is 765. The number of hydrogen-bond donors (Lipinski definition) is 1. The molecule has 26 heavy (non-hydrogen) atoms. The summed E-state index contributed by atoms with van der Waals surface area (Å²) < 4.78 is 6.17. The third-order valence-corrected chi connectivity index (χ3v) is 4.83. The van der Waals surface area contributed by atoms with Gasteiger partial charge < -0.3 is 15.0 Å². The van der Waals surface area contributed by atoms with Crippen molar-refractivity contribution in [1.29, 1.82) is 5.26 Å². The van der Waals surface area contributed by atoms with E-state index in [4.69, 9.17) is 10.00 Å². The molecule has 0 spiro atoms. The smallest absolute Gasteiger partial charge is 0.139 e. The molecule has 1 atom stereocenters. The van der Waals surface area contributed by atoms with E-state index in [0.29, 0.717) is 12.2 Å². The molecule has 0 fully saturated rings. The molecule has 0 aliphatic heterocycles. The molecule has 1 heterocycles. The summed E-state index contributed by atoms with van der Waals surface area (Å²) in [6.07, 6.45) is 3.48. The summed E-state index contributed by atoms with van der Waals surface area (Å²) >= 11 is 0. The SMILES string of the molecule is CCN(CC)CCOC1CCc2ncnc(Nc3ccc(C#N)cc3)c21. The van der Waals surface area contributed by atoms with Gasteiger partial charge in [0, 0.05) is 17.8 Å². The first-order chi connectivity index (χ1) is 12.7. The lowest BCUT2D eigenvalue weighted by Crippen LogP contribution is -2.27. The second-order valence-corrected chi connectivity index (χ2v) is 6.32. The zero-order valence-corrected chi connectivity index (χ0v) is 15.4. The highest BCUT2D eigenvalue weighted by Gasteiger charge is 2.28. The second kappa shape index (κ2) is 8.75. The monoisotopic (exact) mass is 351 g/mol. The van der Waals surface area contributed by atoms with Crippen molar-refractivity contribution in [3.05, 3.63) is 47.4 Å². The fourth-order valence-electron chi connectivity index (χ4n) is 3.28. The number of fused-ring (bicyclic) bond motifs is 1. The molecule has 1 aliphatic carbocycles. The molecule has 136 valence electrons. The summed E-state index contributed by atoms with van der Waals surface area (Å²) in [7, 11) is 0. The third kappa shape index (κ3) is 4.18. The first-order valence-corrected chi connectivity index (χ1v) is 9.20. The normalized spacial score (nSPS) is 15.7. The van der Waals surface area contributed by atoms with E-state index in [-0.39, 0.29) is 6.10 Å². The summed E-state index contributed by atoms with van der Waals surface area (Å²) in [5.74, 6) is 0.796. The Labute approximate surface area is 154 Å². The van der Waals surface area contributed by atoms with Gasteiger partial charge in [-0.15, -0.1) is 0 Å². The van der Waals surface area contributed by atoms with E-state index in [0.717, 1.165) is 55.2 Å². The van der Waals surface area contributed by atoms with Crippen LogP contribution in [0.3, 0.4) is 0 Å². The predicted molar refractivity (Wildman–Crippen MR) is 101 cm³/mol. The summed E-state index contributed by atoms with van der Waals surface area (Å²) in [6.45, 7) is 8.05. The number of ether oxygens (including phenoxy) is 1. The summed E-state index contributed by atoms with van der Waals surface area (Å²) in [5.41, 5.74) is 3.67. The van der Waals surface area contributed by atoms with Crippen LogP contribution >= 0.6 is 0 Å². The van der Waals surface area contributed by atoms with Crippen LogP contribution in [0.4, 0.5) is 11.5 Å². The predicted octanol–water partition coefficient (Wildman–Crippen LogP) is 3.44. The summed E-state index contributed by atoms with van der Waals surface area (Å²) in [4.78, 5) is 11.2. The van der Waals surface area contributed by atoms with Crippen molar-refractivity contribution in [2.24, 2.45) is 0 Å². The van der Waals surface area contributed by atoms with Crippen molar-refractivity contribution < 1.29 is 4.74 Å². The molecule has 1 N–H and O–H groups in total. The van der Waals surface area contributed by atoms with Gasteiger partial charge in [0.1, 0.15) is 12.1 Å². The van der Waals surface area contributed by atoms with Crippen molar-refractivity contribution in [3.63, 3.8) is 0 Å². The molecular formula is C20H25N5O. The Hall–Kier alpha value is -2.49. The molecule has 0 saturated carbocycles. The van der Waals surface area contributed by atoms with Crippen LogP contribution in [-0.4, -0.2) is 41.1 Å². The lowest BCUT2D eigenvalue weighted by atomic mass is 10.2. The topological polar surface area (TPSA) is 74.1 Å². The first-order valence-electron chi connectivity index (χ1n) is 9.20. The number of nitriles is 1. The fourth-order valence-corrected chi connectivity index (χ4v) is 3.28. The quantitative estimate of drug-likeness (QED) is 0.785. The average molecular weight is 351 g/mol. The molecule has 6 nitrogen and oxygen atoms in total. The second-order valence-electron chi connectivity index (χ2n) is 6.32. The van der Waals surface area contributed by atoms with Crippen LogP contribution in [0.1, 0.15) is 43.2 Å². The zero-order chi connectivity index (χ0) is 18.4. The van der Waals surface area contributed by atoms with Crippen LogP contribution in [0.5, 0.6) is 0 Å². The number of likely N-dealkylation sites (N-methyl/N-ethyl adjacent to an activating group) is 1. The minimum absolute atomic E-state index is 0.0302. The number of benzene rings is 1. The largest absolute Gasteiger partial charge is 0.372 e. The lowest BCUT2D eigenvalue weighted by molar-refractivity contribution is 0.0395. The van der Waals surface area contributed by atoms with E-state index < -0.39 is 0 Å². The fraction of sp³-hybridized carbons (Fsp3) is 0.450. The molecule has 0 saturated heterocycles. The number of nitrogens with zero attached hydrogens (tertiary/aromatic N) is 4. The van der Waals surface area contributed by atoms with Gasteiger partial charge in [-0.3, -0.25) is 0 Å². The summed E-state index contributed by atoms with van der Waals surface area (Å²) in [5, 5.41) is 12.3. The van der Waals surface area contributed by atoms with E-state index >= 15 is 0 Å². The average Bonchev–Trinajstić information content (AvgIpc) is 3.10. The first kappa shape index (κ1) is 18.3. The number of anilines is 2. The highest BCUT2D eigenvalue weighted by Crippen LogP contribution is 2.37. The van der Waals surface area contributed by atoms with E-state index in [1.54, 1.807) is 18.5 Å². The van der Waals surface area contributed by atoms with Crippen molar-refractivity contribution in [2.75, 3.05) is 31.6 Å². The molecule has 0 bridgehead atoms. The van der Waals surface area contributed by atoms with Gasteiger partial charge in [0.05, 0.1) is 30.0 Å². The zero-order valence-electron chi connectivity index (χ0n) is 15.4. The number of aromatic nitrogens is 2. The Balaban J connectivity index is 1.71. The Morgan fingerprint density at radius 3 is 2.69 bits per heavy atom. The van der Waals surface area contributed by atoms with Crippen LogP contribution in [0, 0.1) is 11.3 Å². The summed E-state index contributed by atoms with van der Waals surface area (Å²) in [6, 6.07) is 9.49.